The van der Waals surface area contributed by atoms with Crippen LogP contribution in [0.1, 0.15) is 24.8 Å². The molecular weight excluding hydrogens is 238 g/mol. The first kappa shape index (κ1) is 13.4. The molecule has 0 atom stereocenters. The lowest BCUT2D eigenvalue weighted by molar-refractivity contribution is -0.118. The van der Waals surface area contributed by atoms with Gasteiger partial charge < -0.3 is 9.80 Å². The molecule has 0 saturated carbocycles. The summed E-state index contributed by atoms with van der Waals surface area (Å²) >= 11 is 0. The minimum atomic E-state index is 0.183. The Kier molecular flexibility index (Phi) is 4.06. The third-order valence-electron chi connectivity index (χ3n) is 3.63. The Morgan fingerprint density at radius 1 is 1.42 bits per heavy atom. The van der Waals surface area contributed by atoms with E-state index in [1.165, 1.54) is 5.56 Å². The van der Waals surface area contributed by atoms with Gasteiger partial charge in [0.2, 0.25) is 5.91 Å². The number of benzene rings is 1. The molecule has 0 unspecified atom stereocenters. The number of hydrogen-bond donors (Lipinski definition) is 0. The summed E-state index contributed by atoms with van der Waals surface area (Å²) in [4.78, 5) is 15.5. The molecule has 4 nitrogen and oxygen atoms in total. The zero-order valence-corrected chi connectivity index (χ0v) is 11.5. The minimum Gasteiger partial charge on any atom is -0.375 e. The van der Waals surface area contributed by atoms with Gasteiger partial charge in [0.25, 0.3) is 0 Å². The number of anilines is 2. The van der Waals surface area contributed by atoms with E-state index in [2.05, 4.69) is 17.0 Å². The van der Waals surface area contributed by atoms with Crippen molar-refractivity contribution in [2.24, 2.45) is 0 Å². The fraction of sp³-hybridized carbons (Fsp3) is 0.467. The van der Waals surface area contributed by atoms with Crippen molar-refractivity contribution in [1.82, 2.24) is 0 Å². The van der Waals surface area contributed by atoms with Crippen molar-refractivity contribution >= 4 is 17.3 Å². The van der Waals surface area contributed by atoms with E-state index in [0.29, 0.717) is 12.8 Å². The summed E-state index contributed by atoms with van der Waals surface area (Å²) in [7, 11) is 3.87. The second-order valence-electron chi connectivity index (χ2n) is 4.95. The van der Waals surface area contributed by atoms with Crippen LogP contribution in [0.4, 0.5) is 11.4 Å². The third kappa shape index (κ3) is 2.87. The molecule has 0 bridgehead atoms. The molecule has 0 aromatic heterocycles. The van der Waals surface area contributed by atoms with E-state index in [4.69, 9.17) is 5.26 Å². The highest BCUT2D eigenvalue weighted by atomic mass is 16.2. The van der Waals surface area contributed by atoms with Crippen LogP contribution in [-0.4, -0.2) is 26.5 Å². The molecule has 1 aliphatic rings. The maximum absolute atomic E-state index is 11.6. The first-order valence-electron chi connectivity index (χ1n) is 6.61. The zero-order valence-electron chi connectivity index (χ0n) is 11.5. The Morgan fingerprint density at radius 2 is 2.21 bits per heavy atom. The summed E-state index contributed by atoms with van der Waals surface area (Å²) in [5.74, 6) is 0.183. The van der Waals surface area contributed by atoms with Gasteiger partial charge in [-0.3, -0.25) is 4.79 Å². The summed E-state index contributed by atoms with van der Waals surface area (Å²) in [6, 6.07) is 8.38. The quantitative estimate of drug-likeness (QED) is 0.778. The van der Waals surface area contributed by atoms with Crippen molar-refractivity contribution in [2.75, 3.05) is 30.4 Å². The topological polar surface area (TPSA) is 47.3 Å². The van der Waals surface area contributed by atoms with Crippen molar-refractivity contribution < 1.29 is 4.79 Å². The molecule has 0 saturated heterocycles. The molecule has 0 fully saturated rings. The Balaban J connectivity index is 2.13. The first-order chi connectivity index (χ1) is 9.13. The second kappa shape index (κ2) is 5.75. The number of nitriles is 1. The summed E-state index contributed by atoms with van der Waals surface area (Å²) in [5.41, 5.74) is 3.40. The smallest absolute Gasteiger partial charge is 0.227 e. The highest BCUT2D eigenvalue weighted by Gasteiger charge is 2.21. The van der Waals surface area contributed by atoms with Crippen LogP contribution in [0.25, 0.3) is 0 Å². The molecule has 0 radical (unpaired) electrons. The maximum atomic E-state index is 11.6. The lowest BCUT2D eigenvalue weighted by Gasteiger charge is -2.28. The zero-order chi connectivity index (χ0) is 13.8. The van der Waals surface area contributed by atoms with E-state index in [1.54, 1.807) is 4.90 Å². The maximum Gasteiger partial charge on any atom is 0.227 e. The van der Waals surface area contributed by atoms with Gasteiger partial charge in [-0.05, 0) is 36.6 Å². The molecule has 100 valence electrons. The van der Waals surface area contributed by atoms with E-state index in [0.717, 1.165) is 30.8 Å². The van der Waals surface area contributed by atoms with Gasteiger partial charge in [-0.2, -0.15) is 5.26 Å². The first-order valence-corrected chi connectivity index (χ1v) is 6.61. The van der Waals surface area contributed by atoms with Crippen molar-refractivity contribution in [1.29, 1.82) is 5.26 Å². The largest absolute Gasteiger partial charge is 0.375 e. The van der Waals surface area contributed by atoms with Crippen molar-refractivity contribution in [2.45, 2.75) is 25.7 Å². The molecule has 19 heavy (non-hydrogen) atoms. The van der Waals surface area contributed by atoms with Crippen molar-refractivity contribution in [3.05, 3.63) is 23.8 Å². The number of amides is 1. The van der Waals surface area contributed by atoms with Gasteiger partial charge in [-0.1, -0.05) is 0 Å². The van der Waals surface area contributed by atoms with E-state index in [1.807, 2.05) is 26.2 Å². The molecule has 1 aromatic rings. The van der Waals surface area contributed by atoms with Crippen molar-refractivity contribution in [3.8, 4) is 6.07 Å². The molecule has 1 heterocycles. The molecule has 1 amide bonds. The van der Waals surface area contributed by atoms with Crippen LogP contribution in [-0.2, 0) is 11.2 Å². The van der Waals surface area contributed by atoms with Crippen LogP contribution in [0.15, 0.2) is 18.2 Å². The average molecular weight is 257 g/mol. The Hall–Kier alpha value is -2.02. The number of fused-ring (bicyclic) bond motifs is 1. The number of hydrogen-bond acceptors (Lipinski definition) is 3. The van der Waals surface area contributed by atoms with Crippen LogP contribution in [0, 0.1) is 11.3 Å². The Morgan fingerprint density at radius 3 is 2.95 bits per heavy atom. The predicted molar refractivity (Wildman–Crippen MR) is 76.3 cm³/mol. The highest BCUT2D eigenvalue weighted by molar-refractivity contribution is 5.96. The summed E-state index contributed by atoms with van der Waals surface area (Å²) in [5, 5.41) is 8.56. The molecule has 2 rings (SSSR count). The second-order valence-corrected chi connectivity index (χ2v) is 4.95. The fourth-order valence-corrected chi connectivity index (χ4v) is 2.40. The van der Waals surface area contributed by atoms with E-state index in [9.17, 15) is 4.79 Å². The monoisotopic (exact) mass is 257 g/mol. The fourth-order valence-electron chi connectivity index (χ4n) is 2.40. The van der Waals surface area contributed by atoms with Crippen LogP contribution in [0.5, 0.6) is 0 Å². The van der Waals surface area contributed by atoms with Crippen LogP contribution < -0.4 is 9.80 Å². The number of unbranched alkanes of at least 4 members (excludes halogenated alkanes) is 1. The summed E-state index contributed by atoms with van der Waals surface area (Å²) in [6.45, 7) is 0.876. The molecule has 0 spiro atoms. The lowest BCUT2D eigenvalue weighted by atomic mass is 10.0. The summed E-state index contributed by atoms with van der Waals surface area (Å²) in [6.07, 6.45) is 2.87. The van der Waals surface area contributed by atoms with Gasteiger partial charge in [0.15, 0.2) is 0 Å². The number of aryl methyl sites for hydroxylation is 1. The third-order valence-corrected chi connectivity index (χ3v) is 3.63. The SMILES string of the molecule is CN(CCCC#N)c1ccc2c(c1)CCC(=O)N2C. The van der Waals surface area contributed by atoms with Gasteiger partial charge in [-0.15, -0.1) is 0 Å². The molecule has 0 aliphatic carbocycles. The van der Waals surface area contributed by atoms with Gasteiger partial charge in [0.05, 0.1) is 6.07 Å². The Bertz CT molecular complexity index is 519. The molecule has 1 aliphatic heterocycles. The number of carbonyl (C=O) groups excluding carboxylic acids is 1. The Labute approximate surface area is 114 Å². The molecular formula is C15H19N3O. The lowest BCUT2D eigenvalue weighted by Crippen LogP contribution is -2.31. The van der Waals surface area contributed by atoms with E-state index >= 15 is 0 Å². The van der Waals surface area contributed by atoms with Gasteiger partial charge in [-0.25, -0.2) is 0 Å². The molecule has 1 aromatic carbocycles. The average Bonchev–Trinajstić information content (AvgIpc) is 2.43. The minimum absolute atomic E-state index is 0.183. The highest BCUT2D eigenvalue weighted by Crippen LogP contribution is 2.30. The molecule has 4 heteroatoms. The number of nitrogens with zero attached hydrogens (tertiary/aromatic N) is 3. The predicted octanol–water partition coefficient (Wildman–Crippen LogP) is 2.34. The van der Waals surface area contributed by atoms with Crippen LogP contribution in [0.2, 0.25) is 0 Å². The van der Waals surface area contributed by atoms with Crippen molar-refractivity contribution in [3.63, 3.8) is 0 Å². The number of carbonyl (C=O) groups is 1. The summed E-state index contributed by atoms with van der Waals surface area (Å²) < 4.78 is 0. The van der Waals surface area contributed by atoms with E-state index < -0.39 is 0 Å². The normalized spacial score (nSPS) is 13.9. The van der Waals surface area contributed by atoms with Crippen LogP contribution >= 0.6 is 0 Å². The standard InChI is InChI=1S/C15H19N3O/c1-17(10-4-3-9-16)13-6-7-14-12(11-13)5-8-15(19)18(14)2/h6-7,11H,3-5,8,10H2,1-2H3. The van der Waals surface area contributed by atoms with E-state index in [-0.39, 0.29) is 5.91 Å². The van der Waals surface area contributed by atoms with Crippen LogP contribution in [0.3, 0.4) is 0 Å². The molecule has 0 N–H and O–H groups in total. The van der Waals surface area contributed by atoms with Gasteiger partial charge in [0, 0.05) is 44.9 Å². The van der Waals surface area contributed by atoms with Gasteiger partial charge >= 0.3 is 0 Å². The number of rotatable bonds is 4. The van der Waals surface area contributed by atoms with Gasteiger partial charge in [0.1, 0.15) is 0 Å².